The standard InChI is InChI=1S/C11H11FO/c1-2-11(13)7-6-8-9(11)4-3-5-10(8)12/h2-5,13H,1,6-7H2. The van der Waals surface area contributed by atoms with E-state index in [1.807, 2.05) is 0 Å². The molecule has 68 valence electrons. The topological polar surface area (TPSA) is 20.2 Å². The molecule has 1 nitrogen and oxygen atoms in total. The van der Waals surface area contributed by atoms with Gasteiger partial charge in [-0.1, -0.05) is 24.8 Å². The molecule has 0 bridgehead atoms. The molecule has 0 saturated heterocycles. The summed E-state index contributed by atoms with van der Waals surface area (Å²) >= 11 is 0. The van der Waals surface area contributed by atoms with E-state index in [9.17, 15) is 9.50 Å². The lowest BCUT2D eigenvalue weighted by Gasteiger charge is -2.18. The molecule has 0 aliphatic heterocycles. The lowest BCUT2D eigenvalue weighted by Crippen LogP contribution is -2.18. The predicted molar refractivity (Wildman–Crippen MR) is 48.8 cm³/mol. The first kappa shape index (κ1) is 8.45. The predicted octanol–water partition coefficient (Wildman–Crippen LogP) is 2.15. The minimum atomic E-state index is -1.02. The Bertz CT molecular complexity index is 359. The normalized spacial score (nSPS) is 25.7. The largest absolute Gasteiger partial charge is 0.381 e. The fourth-order valence-electron chi connectivity index (χ4n) is 1.88. The molecule has 1 aromatic carbocycles. The van der Waals surface area contributed by atoms with Crippen LogP contribution in [0.3, 0.4) is 0 Å². The Morgan fingerprint density at radius 1 is 1.54 bits per heavy atom. The molecule has 0 fully saturated rings. The zero-order chi connectivity index (χ0) is 9.47. The second-order valence-corrected chi connectivity index (χ2v) is 3.39. The summed E-state index contributed by atoms with van der Waals surface area (Å²) in [6.07, 6.45) is 2.61. The highest BCUT2D eigenvalue weighted by Gasteiger charge is 2.34. The zero-order valence-electron chi connectivity index (χ0n) is 7.26. The van der Waals surface area contributed by atoms with Gasteiger partial charge in [-0.2, -0.15) is 0 Å². The fourth-order valence-corrected chi connectivity index (χ4v) is 1.88. The van der Waals surface area contributed by atoms with Crippen LogP contribution in [0, 0.1) is 5.82 Å². The molecule has 1 N–H and O–H groups in total. The van der Waals surface area contributed by atoms with Crippen LogP contribution in [0.25, 0.3) is 0 Å². The summed E-state index contributed by atoms with van der Waals surface area (Å²) in [5.74, 6) is -0.227. The SMILES string of the molecule is C=CC1(O)CCc2c(F)cccc21. The van der Waals surface area contributed by atoms with Gasteiger partial charge in [-0.05, 0) is 30.0 Å². The van der Waals surface area contributed by atoms with Crippen molar-refractivity contribution in [3.63, 3.8) is 0 Å². The van der Waals surface area contributed by atoms with E-state index in [1.165, 1.54) is 12.1 Å². The summed E-state index contributed by atoms with van der Waals surface area (Å²) in [6.45, 7) is 3.57. The van der Waals surface area contributed by atoms with E-state index in [4.69, 9.17) is 0 Å². The highest BCUT2D eigenvalue weighted by atomic mass is 19.1. The van der Waals surface area contributed by atoms with Crippen LogP contribution in [0.15, 0.2) is 30.9 Å². The van der Waals surface area contributed by atoms with Crippen molar-refractivity contribution in [1.29, 1.82) is 0 Å². The number of benzene rings is 1. The Balaban J connectivity index is 2.61. The van der Waals surface area contributed by atoms with E-state index in [2.05, 4.69) is 6.58 Å². The lowest BCUT2D eigenvalue weighted by atomic mass is 9.96. The average Bonchev–Trinajstić information content (AvgIpc) is 2.47. The lowest BCUT2D eigenvalue weighted by molar-refractivity contribution is 0.0920. The number of hydrogen-bond donors (Lipinski definition) is 1. The third-order valence-corrected chi connectivity index (χ3v) is 2.68. The Morgan fingerprint density at radius 2 is 2.31 bits per heavy atom. The summed E-state index contributed by atoms with van der Waals surface area (Å²) in [6, 6.07) is 4.80. The van der Waals surface area contributed by atoms with Gasteiger partial charge in [-0.3, -0.25) is 0 Å². The molecule has 0 radical (unpaired) electrons. The molecule has 0 spiro atoms. The first-order valence-electron chi connectivity index (χ1n) is 4.31. The maximum atomic E-state index is 13.2. The van der Waals surface area contributed by atoms with Crippen LogP contribution in [0.5, 0.6) is 0 Å². The molecule has 0 aromatic heterocycles. The highest BCUT2D eigenvalue weighted by molar-refractivity contribution is 5.40. The monoisotopic (exact) mass is 178 g/mol. The van der Waals surface area contributed by atoms with Crippen molar-refractivity contribution >= 4 is 0 Å². The molecular formula is C11H11FO. The van der Waals surface area contributed by atoms with E-state index in [-0.39, 0.29) is 5.82 Å². The van der Waals surface area contributed by atoms with Gasteiger partial charge in [-0.25, -0.2) is 4.39 Å². The molecular weight excluding hydrogens is 167 g/mol. The van der Waals surface area contributed by atoms with Gasteiger partial charge in [-0.15, -0.1) is 0 Å². The first-order chi connectivity index (χ1) is 6.17. The molecule has 1 aliphatic carbocycles. The van der Waals surface area contributed by atoms with E-state index in [0.29, 0.717) is 24.0 Å². The Hall–Kier alpha value is -1.15. The molecule has 0 amide bonds. The van der Waals surface area contributed by atoms with Gasteiger partial charge in [0.2, 0.25) is 0 Å². The quantitative estimate of drug-likeness (QED) is 0.653. The van der Waals surface area contributed by atoms with Gasteiger partial charge in [0.1, 0.15) is 11.4 Å². The fraction of sp³-hybridized carbons (Fsp3) is 0.273. The molecule has 2 rings (SSSR count). The molecule has 2 heteroatoms. The van der Waals surface area contributed by atoms with Crippen molar-refractivity contribution in [3.8, 4) is 0 Å². The number of fused-ring (bicyclic) bond motifs is 1. The number of rotatable bonds is 1. The zero-order valence-corrected chi connectivity index (χ0v) is 7.26. The second kappa shape index (κ2) is 2.67. The Labute approximate surface area is 76.5 Å². The van der Waals surface area contributed by atoms with Crippen LogP contribution >= 0.6 is 0 Å². The summed E-state index contributed by atoms with van der Waals surface area (Å²) in [7, 11) is 0. The van der Waals surface area contributed by atoms with Gasteiger partial charge in [0.15, 0.2) is 0 Å². The first-order valence-corrected chi connectivity index (χ1v) is 4.31. The second-order valence-electron chi connectivity index (χ2n) is 3.39. The molecule has 0 heterocycles. The van der Waals surface area contributed by atoms with Gasteiger partial charge in [0.05, 0.1) is 0 Å². The van der Waals surface area contributed by atoms with E-state index >= 15 is 0 Å². The van der Waals surface area contributed by atoms with Crippen LogP contribution < -0.4 is 0 Å². The average molecular weight is 178 g/mol. The van der Waals surface area contributed by atoms with Crippen LogP contribution in [-0.4, -0.2) is 5.11 Å². The van der Waals surface area contributed by atoms with Crippen LogP contribution in [0.2, 0.25) is 0 Å². The van der Waals surface area contributed by atoms with Crippen molar-refractivity contribution < 1.29 is 9.50 Å². The van der Waals surface area contributed by atoms with E-state index in [1.54, 1.807) is 12.1 Å². The van der Waals surface area contributed by atoms with Crippen molar-refractivity contribution in [1.82, 2.24) is 0 Å². The molecule has 1 atom stereocenters. The van der Waals surface area contributed by atoms with Gasteiger partial charge in [0.25, 0.3) is 0 Å². The molecule has 1 aliphatic rings. The summed E-state index contributed by atoms with van der Waals surface area (Å²) in [5.41, 5.74) is 0.282. The van der Waals surface area contributed by atoms with Crippen molar-refractivity contribution in [2.24, 2.45) is 0 Å². The third kappa shape index (κ3) is 1.10. The van der Waals surface area contributed by atoms with Crippen LogP contribution in [0.1, 0.15) is 17.5 Å². The summed E-state index contributed by atoms with van der Waals surface area (Å²) in [4.78, 5) is 0. The smallest absolute Gasteiger partial charge is 0.126 e. The van der Waals surface area contributed by atoms with Crippen molar-refractivity contribution in [2.45, 2.75) is 18.4 Å². The molecule has 1 unspecified atom stereocenters. The highest BCUT2D eigenvalue weighted by Crippen LogP contribution is 2.38. The minimum absolute atomic E-state index is 0.227. The number of hydrogen-bond acceptors (Lipinski definition) is 1. The summed E-state index contributed by atoms with van der Waals surface area (Å²) in [5, 5.41) is 9.99. The molecule has 0 saturated carbocycles. The summed E-state index contributed by atoms with van der Waals surface area (Å²) < 4.78 is 13.2. The molecule has 1 aromatic rings. The maximum absolute atomic E-state index is 13.2. The van der Waals surface area contributed by atoms with Crippen LogP contribution in [-0.2, 0) is 12.0 Å². The Morgan fingerprint density at radius 3 is 3.00 bits per heavy atom. The third-order valence-electron chi connectivity index (χ3n) is 2.68. The number of aliphatic hydroxyl groups is 1. The van der Waals surface area contributed by atoms with Gasteiger partial charge in [0, 0.05) is 0 Å². The van der Waals surface area contributed by atoms with E-state index < -0.39 is 5.60 Å². The van der Waals surface area contributed by atoms with Crippen molar-refractivity contribution in [3.05, 3.63) is 47.8 Å². The number of halogens is 1. The van der Waals surface area contributed by atoms with Gasteiger partial charge < -0.3 is 5.11 Å². The maximum Gasteiger partial charge on any atom is 0.126 e. The molecule has 13 heavy (non-hydrogen) atoms. The van der Waals surface area contributed by atoms with Gasteiger partial charge >= 0.3 is 0 Å². The van der Waals surface area contributed by atoms with Crippen LogP contribution in [0.4, 0.5) is 4.39 Å². The Kier molecular flexibility index (Phi) is 1.74. The van der Waals surface area contributed by atoms with Crippen molar-refractivity contribution in [2.75, 3.05) is 0 Å². The van der Waals surface area contributed by atoms with E-state index in [0.717, 1.165) is 0 Å². The minimum Gasteiger partial charge on any atom is -0.381 e.